The van der Waals surface area contributed by atoms with Crippen LogP contribution in [0.2, 0.25) is 0 Å². The van der Waals surface area contributed by atoms with Crippen LogP contribution in [0.5, 0.6) is 5.75 Å². The minimum absolute atomic E-state index is 0.0211. The Morgan fingerprint density at radius 3 is 1.45 bits per heavy atom. The highest BCUT2D eigenvalue weighted by Crippen LogP contribution is 2.31. The third-order valence-electron chi connectivity index (χ3n) is 7.51. The Hall–Kier alpha value is -3.42. The highest BCUT2D eigenvalue weighted by atomic mass is 32.2. The summed E-state index contributed by atoms with van der Waals surface area (Å²) in [5, 5.41) is 0. The second-order valence-corrected chi connectivity index (χ2v) is 14.5. The lowest BCUT2D eigenvalue weighted by atomic mass is 9.82. The molecule has 0 saturated heterocycles. The van der Waals surface area contributed by atoms with Crippen molar-refractivity contribution in [3.05, 3.63) is 114 Å². The maximum Gasteiger partial charge on any atom is 0.206 e. The number of ether oxygens (including phenoxy) is 1. The Labute approximate surface area is 238 Å². The molecule has 1 unspecified atom stereocenters. The number of hydrogen-bond acceptors (Lipinski definition) is 5. The van der Waals surface area contributed by atoms with Gasteiger partial charge in [0.15, 0.2) is 0 Å². The largest absolute Gasteiger partial charge is 0.486 e. The molecular weight excluding hydrogens is 540 g/mol. The van der Waals surface area contributed by atoms with Gasteiger partial charge in [0, 0.05) is 0 Å². The van der Waals surface area contributed by atoms with Crippen LogP contribution in [0.4, 0.5) is 0 Å². The molecule has 1 atom stereocenters. The van der Waals surface area contributed by atoms with E-state index < -0.39 is 19.7 Å². The minimum atomic E-state index is -3.67. The third-order valence-corrected chi connectivity index (χ3v) is 11.1. The van der Waals surface area contributed by atoms with Gasteiger partial charge in [0.05, 0.1) is 19.6 Å². The maximum atomic E-state index is 13.2. The average molecular weight is 577 g/mol. The van der Waals surface area contributed by atoms with Gasteiger partial charge in [-0.1, -0.05) is 69.7 Å². The molecule has 0 saturated carbocycles. The van der Waals surface area contributed by atoms with Crippen molar-refractivity contribution >= 4 is 19.7 Å². The monoisotopic (exact) mass is 576 g/mol. The van der Waals surface area contributed by atoms with Gasteiger partial charge in [-0.3, -0.25) is 0 Å². The predicted molar refractivity (Wildman–Crippen MR) is 158 cm³/mol. The van der Waals surface area contributed by atoms with Gasteiger partial charge >= 0.3 is 0 Å². The van der Waals surface area contributed by atoms with Crippen molar-refractivity contribution in [3.63, 3.8) is 0 Å². The second kappa shape index (κ2) is 11.6. The zero-order chi connectivity index (χ0) is 29.1. The lowest BCUT2D eigenvalue weighted by Crippen LogP contribution is -2.15. The first kappa shape index (κ1) is 29.6. The number of rotatable bonds is 10. The molecule has 0 aliphatic heterocycles. The van der Waals surface area contributed by atoms with Crippen molar-refractivity contribution in [2.75, 3.05) is 0 Å². The van der Waals surface area contributed by atoms with Gasteiger partial charge in [0.2, 0.25) is 19.7 Å². The number of aryl methyl sites for hydroxylation is 1. The lowest BCUT2D eigenvalue weighted by molar-refractivity contribution is 0.201. The summed E-state index contributed by atoms with van der Waals surface area (Å²) in [4.78, 5) is 0.922. The number of benzene rings is 4. The predicted octanol–water partition coefficient (Wildman–Crippen LogP) is 7.88. The number of hydrogen-bond donors (Lipinski definition) is 0. The molecule has 210 valence electrons. The molecule has 0 spiro atoms. The van der Waals surface area contributed by atoms with E-state index in [0.717, 1.165) is 23.1 Å². The molecule has 0 aliphatic carbocycles. The summed E-state index contributed by atoms with van der Waals surface area (Å²) < 4.78 is 58.6. The van der Waals surface area contributed by atoms with E-state index in [9.17, 15) is 16.8 Å². The zero-order valence-electron chi connectivity index (χ0n) is 23.6. The minimum Gasteiger partial charge on any atom is -0.486 e. The molecule has 0 N–H and O–H groups in total. The molecule has 7 heteroatoms. The highest BCUT2D eigenvalue weighted by Gasteiger charge is 2.22. The van der Waals surface area contributed by atoms with E-state index in [2.05, 4.69) is 20.8 Å². The van der Waals surface area contributed by atoms with Crippen LogP contribution in [0, 0.1) is 6.92 Å². The molecule has 0 heterocycles. The Morgan fingerprint density at radius 2 is 1.02 bits per heavy atom. The SMILES string of the molecule is CCC(Oc1ccc(S(=O)(=O)c2ccc(C(C)(C)CC)cc2)cc1)c1ccc(S(=O)(=O)c2ccc(C)cc2)cc1. The van der Waals surface area contributed by atoms with E-state index in [-0.39, 0.29) is 31.1 Å². The smallest absolute Gasteiger partial charge is 0.206 e. The Bertz CT molecular complexity index is 1650. The maximum absolute atomic E-state index is 13.2. The van der Waals surface area contributed by atoms with Crippen molar-refractivity contribution in [1.82, 2.24) is 0 Å². The van der Waals surface area contributed by atoms with E-state index in [1.54, 1.807) is 84.9 Å². The normalized spacial score (nSPS) is 13.1. The Balaban J connectivity index is 1.49. The van der Waals surface area contributed by atoms with Crippen molar-refractivity contribution in [2.45, 2.75) is 78.6 Å². The Kier molecular flexibility index (Phi) is 8.57. The summed E-state index contributed by atoms with van der Waals surface area (Å²) in [5.41, 5.74) is 2.90. The van der Waals surface area contributed by atoms with Crippen molar-refractivity contribution in [2.24, 2.45) is 0 Å². The van der Waals surface area contributed by atoms with Gasteiger partial charge in [0.25, 0.3) is 0 Å². The van der Waals surface area contributed by atoms with Crippen LogP contribution in [-0.2, 0) is 25.1 Å². The first-order valence-electron chi connectivity index (χ1n) is 13.4. The second-order valence-electron chi connectivity index (χ2n) is 10.6. The lowest BCUT2D eigenvalue weighted by Gasteiger charge is -2.23. The summed E-state index contributed by atoms with van der Waals surface area (Å²) >= 11 is 0. The fourth-order valence-electron chi connectivity index (χ4n) is 4.39. The quantitative estimate of drug-likeness (QED) is 0.192. The van der Waals surface area contributed by atoms with Crippen LogP contribution in [-0.4, -0.2) is 16.8 Å². The molecule has 4 rings (SSSR count). The molecule has 0 radical (unpaired) electrons. The molecule has 0 amide bonds. The van der Waals surface area contributed by atoms with Crippen LogP contribution in [0.3, 0.4) is 0 Å². The molecule has 0 aliphatic rings. The van der Waals surface area contributed by atoms with Crippen LogP contribution in [0.25, 0.3) is 0 Å². The number of sulfone groups is 2. The zero-order valence-corrected chi connectivity index (χ0v) is 25.2. The summed E-state index contributed by atoms with van der Waals surface area (Å²) in [6.45, 7) is 10.3. The van der Waals surface area contributed by atoms with Crippen molar-refractivity contribution < 1.29 is 21.6 Å². The standard InChI is InChI=1S/C33H36O5S2/c1-6-32(25-10-18-29(19-11-25)39(34,35)28-16-8-24(3)9-17-28)38-27-14-22-31(23-15-27)40(36,37)30-20-12-26(13-21-30)33(4,5)7-2/h8-23,32H,6-7H2,1-5H3. The van der Waals surface area contributed by atoms with Gasteiger partial charge in [-0.15, -0.1) is 0 Å². The molecule has 0 fully saturated rings. The summed E-state index contributed by atoms with van der Waals surface area (Å²) in [7, 11) is -7.28. The van der Waals surface area contributed by atoms with Gasteiger partial charge in [0.1, 0.15) is 11.9 Å². The molecule has 4 aromatic carbocycles. The molecular formula is C33H36O5S2. The molecule has 0 aromatic heterocycles. The Morgan fingerprint density at radius 1 is 0.625 bits per heavy atom. The summed E-state index contributed by atoms with van der Waals surface area (Å²) in [5.74, 6) is 0.530. The molecule has 5 nitrogen and oxygen atoms in total. The molecule has 4 aromatic rings. The third kappa shape index (κ3) is 6.16. The van der Waals surface area contributed by atoms with E-state index >= 15 is 0 Å². The topological polar surface area (TPSA) is 77.5 Å². The first-order valence-corrected chi connectivity index (χ1v) is 16.4. The fraction of sp³-hybridized carbons (Fsp3) is 0.273. The molecule has 40 heavy (non-hydrogen) atoms. The van der Waals surface area contributed by atoms with Crippen LogP contribution >= 0.6 is 0 Å². The van der Waals surface area contributed by atoms with E-state index in [0.29, 0.717) is 12.2 Å². The van der Waals surface area contributed by atoms with Gasteiger partial charge in [-0.2, -0.15) is 0 Å². The van der Waals surface area contributed by atoms with E-state index in [4.69, 9.17) is 4.74 Å². The van der Waals surface area contributed by atoms with Gasteiger partial charge in [-0.25, -0.2) is 16.8 Å². The summed E-state index contributed by atoms with van der Waals surface area (Å²) in [6.07, 6.45) is 1.27. The van der Waals surface area contributed by atoms with E-state index in [1.807, 2.05) is 26.0 Å². The molecule has 0 bridgehead atoms. The van der Waals surface area contributed by atoms with Crippen LogP contribution in [0.1, 0.15) is 63.3 Å². The average Bonchev–Trinajstić information content (AvgIpc) is 2.96. The highest BCUT2D eigenvalue weighted by molar-refractivity contribution is 7.91. The van der Waals surface area contributed by atoms with Crippen LogP contribution in [0.15, 0.2) is 117 Å². The summed E-state index contributed by atoms with van der Waals surface area (Å²) in [6, 6.07) is 27.0. The fourth-order valence-corrected chi connectivity index (χ4v) is 6.91. The van der Waals surface area contributed by atoms with E-state index in [1.165, 1.54) is 0 Å². The van der Waals surface area contributed by atoms with Crippen molar-refractivity contribution in [3.8, 4) is 5.75 Å². The van der Waals surface area contributed by atoms with Crippen LogP contribution < -0.4 is 4.74 Å². The van der Waals surface area contributed by atoms with Gasteiger partial charge in [-0.05, 0) is 97.0 Å². The van der Waals surface area contributed by atoms with Crippen molar-refractivity contribution in [1.29, 1.82) is 0 Å². The first-order chi connectivity index (χ1) is 18.9. The van der Waals surface area contributed by atoms with Gasteiger partial charge < -0.3 is 4.74 Å².